The zero-order valence-electron chi connectivity index (χ0n) is 14.2. The third-order valence-electron chi connectivity index (χ3n) is 4.12. The average molecular weight is 326 g/mol. The Labute approximate surface area is 137 Å². The average Bonchev–Trinajstić information content (AvgIpc) is 2.58. The predicted octanol–water partition coefficient (Wildman–Crippen LogP) is 2.24. The number of nitrogens with one attached hydrogen (secondary N) is 1. The Balaban J connectivity index is 2.81. The summed E-state index contributed by atoms with van der Waals surface area (Å²) in [5.41, 5.74) is 6.11. The lowest BCUT2D eigenvalue weighted by atomic mass is 9.92. The monoisotopic (exact) mass is 326 g/mol. The van der Waals surface area contributed by atoms with Crippen molar-refractivity contribution in [3.8, 4) is 0 Å². The fraction of sp³-hybridized carbons (Fsp3) is 0.588. The van der Waals surface area contributed by atoms with Crippen molar-refractivity contribution in [2.45, 2.75) is 38.8 Å². The molecule has 0 spiro atoms. The number of rotatable bonds is 10. The zero-order chi connectivity index (χ0) is 17.3. The lowest BCUT2D eigenvalue weighted by Gasteiger charge is -2.31. The molecule has 3 N–H and O–H groups in total. The molecule has 0 radical (unpaired) electrons. The molecule has 23 heavy (non-hydrogen) atoms. The molecule has 1 rings (SSSR count). The number of hydrogen-bond acceptors (Lipinski definition) is 4. The minimum absolute atomic E-state index is 0.0971. The molecule has 0 atom stereocenters. The number of ether oxygens (including phenoxy) is 2. The van der Waals surface area contributed by atoms with Gasteiger partial charge in [-0.2, -0.15) is 0 Å². The molecule has 0 aromatic heterocycles. The first kappa shape index (κ1) is 19.5. The van der Waals surface area contributed by atoms with E-state index in [-0.39, 0.29) is 12.5 Å². The van der Waals surface area contributed by atoms with Gasteiger partial charge in [0.2, 0.25) is 0 Å². The summed E-state index contributed by atoms with van der Waals surface area (Å²) >= 11 is 0. The standard InChI is InChI=1S/C17H27FN2O3/c1-4-17(5-2,12-19)20-16(21)13-6-7-15(18)14(10-13)11-23-9-8-22-3/h6-7,10H,4-5,8-9,11-12,19H2,1-3H3,(H,20,21). The first-order chi connectivity index (χ1) is 11.0. The van der Waals surface area contributed by atoms with Crippen LogP contribution in [-0.4, -0.2) is 38.3 Å². The van der Waals surface area contributed by atoms with E-state index in [0.29, 0.717) is 30.9 Å². The molecule has 130 valence electrons. The predicted molar refractivity (Wildman–Crippen MR) is 87.8 cm³/mol. The van der Waals surface area contributed by atoms with Crippen LogP contribution in [0.3, 0.4) is 0 Å². The zero-order valence-corrected chi connectivity index (χ0v) is 14.2. The van der Waals surface area contributed by atoms with Crippen molar-refractivity contribution < 1.29 is 18.7 Å². The Kier molecular flexibility index (Phi) is 8.16. The van der Waals surface area contributed by atoms with Crippen LogP contribution >= 0.6 is 0 Å². The van der Waals surface area contributed by atoms with Gasteiger partial charge in [0.1, 0.15) is 5.82 Å². The van der Waals surface area contributed by atoms with Gasteiger partial charge < -0.3 is 20.5 Å². The second-order valence-electron chi connectivity index (χ2n) is 5.50. The minimum atomic E-state index is -0.430. The summed E-state index contributed by atoms with van der Waals surface area (Å²) in [5, 5.41) is 2.97. The second-order valence-corrected chi connectivity index (χ2v) is 5.50. The van der Waals surface area contributed by atoms with Crippen molar-refractivity contribution in [3.63, 3.8) is 0 Å². The quantitative estimate of drug-likeness (QED) is 0.647. The van der Waals surface area contributed by atoms with E-state index < -0.39 is 11.4 Å². The number of carbonyl (C=O) groups excluding carboxylic acids is 1. The Bertz CT molecular complexity index is 496. The number of benzene rings is 1. The maximum absolute atomic E-state index is 13.8. The highest BCUT2D eigenvalue weighted by Crippen LogP contribution is 2.16. The highest BCUT2D eigenvalue weighted by Gasteiger charge is 2.27. The van der Waals surface area contributed by atoms with Gasteiger partial charge in [0.25, 0.3) is 5.91 Å². The molecule has 0 unspecified atom stereocenters. The van der Waals surface area contributed by atoms with Gasteiger partial charge in [0, 0.05) is 24.8 Å². The summed E-state index contributed by atoms with van der Waals surface area (Å²) in [4.78, 5) is 12.4. The largest absolute Gasteiger partial charge is 0.382 e. The normalized spacial score (nSPS) is 11.5. The summed E-state index contributed by atoms with van der Waals surface area (Å²) in [6, 6.07) is 4.27. The van der Waals surface area contributed by atoms with Crippen molar-refractivity contribution in [1.82, 2.24) is 5.32 Å². The number of hydrogen-bond donors (Lipinski definition) is 2. The van der Waals surface area contributed by atoms with Crippen LogP contribution in [0.25, 0.3) is 0 Å². The van der Waals surface area contributed by atoms with E-state index in [2.05, 4.69) is 5.32 Å². The second kappa shape index (κ2) is 9.60. The summed E-state index contributed by atoms with van der Waals surface area (Å²) < 4.78 is 24.0. The molecule has 0 aliphatic heterocycles. The highest BCUT2D eigenvalue weighted by atomic mass is 19.1. The van der Waals surface area contributed by atoms with Crippen molar-refractivity contribution in [3.05, 3.63) is 35.1 Å². The summed E-state index contributed by atoms with van der Waals surface area (Å²) in [6.45, 7) is 5.23. The van der Waals surface area contributed by atoms with E-state index in [4.69, 9.17) is 15.2 Å². The number of amides is 1. The third kappa shape index (κ3) is 5.57. The Hall–Kier alpha value is -1.50. The molecule has 0 saturated heterocycles. The minimum Gasteiger partial charge on any atom is -0.382 e. The van der Waals surface area contributed by atoms with Gasteiger partial charge in [-0.25, -0.2) is 4.39 Å². The van der Waals surface area contributed by atoms with Gasteiger partial charge in [-0.05, 0) is 31.0 Å². The Morgan fingerprint density at radius 2 is 2.00 bits per heavy atom. The number of methoxy groups -OCH3 is 1. The smallest absolute Gasteiger partial charge is 0.251 e. The lowest BCUT2D eigenvalue weighted by molar-refractivity contribution is 0.0603. The third-order valence-corrected chi connectivity index (χ3v) is 4.12. The van der Waals surface area contributed by atoms with Gasteiger partial charge >= 0.3 is 0 Å². The molecule has 0 bridgehead atoms. The first-order valence-electron chi connectivity index (χ1n) is 7.89. The first-order valence-corrected chi connectivity index (χ1v) is 7.89. The number of carbonyl (C=O) groups is 1. The van der Waals surface area contributed by atoms with Crippen molar-refractivity contribution in [2.75, 3.05) is 26.9 Å². The van der Waals surface area contributed by atoms with E-state index in [1.54, 1.807) is 7.11 Å². The molecule has 1 aromatic rings. The van der Waals surface area contributed by atoms with E-state index in [9.17, 15) is 9.18 Å². The van der Waals surface area contributed by atoms with E-state index in [1.807, 2.05) is 13.8 Å². The Morgan fingerprint density at radius 1 is 1.30 bits per heavy atom. The molecule has 0 fully saturated rings. The van der Waals surface area contributed by atoms with Crippen LogP contribution in [0.1, 0.15) is 42.6 Å². The van der Waals surface area contributed by atoms with E-state index in [0.717, 1.165) is 12.8 Å². The topological polar surface area (TPSA) is 73.6 Å². The summed E-state index contributed by atoms with van der Waals surface area (Å²) in [7, 11) is 1.57. The maximum atomic E-state index is 13.8. The van der Waals surface area contributed by atoms with Crippen LogP contribution in [-0.2, 0) is 16.1 Å². The van der Waals surface area contributed by atoms with Gasteiger partial charge in [0.15, 0.2) is 0 Å². The van der Waals surface area contributed by atoms with E-state index >= 15 is 0 Å². The lowest BCUT2D eigenvalue weighted by Crippen LogP contribution is -2.52. The van der Waals surface area contributed by atoms with Gasteiger partial charge in [-0.1, -0.05) is 13.8 Å². The van der Waals surface area contributed by atoms with Gasteiger partial charge in [-0.3, -0.25) is 4.79 Å². The number of halogens is 1. The number of nitrogens with two attached hydrogens (primary N) is 1. The van der Waals surface area contributed by atoms with Crippen LogP contribution < -0.4 is 11.1 Å². The van der Waals surface area contributed by atoms with Crippen LogP contribution in [0.2, 0.25) is 0 Å². The van der Waals surface area contributed by atoms with Gasteiger partial charge in [-0.15, -0.1) is 0 Å². The summed E-state index contributed by atoms with van der Waals surface area (Å²) in [5.74, 6) is -0.646. The molecule has 0 saturated carbocycles. The molecule has 6 heteroatoms. The summed E-state index contributed by atoms with van der Waals surface area (Å²) in [6.07, 6.45) is 1.47. The van der Waals surface area contributed by atoms with Crippen LogP contribution in [0.15, 0.2) is 18.2 Å². The van der Waals surface area contributed by atoms with Crippen LogP contribution in [0.5, 0.6) is 0 Å². The van der Waals surface area contributed by atoms with E-state index in [1.165, 1.54) is 18.2 Å². The molecule has 1 aromatic carbocycles. The maximum Gasteiger partial charge on any atom is 0.251 e. The molecule has 1 amide bonds. The van der Waals surface area contributed by atoms with Gasteiger partial charge in [0.05, 0.1) is 25.4 Å². The molecule has 0 aliphatic rings. The SMILES string of the molecule is CCC(CC)(CN)NC(=O)c1ccc(F)c(COCCOC)c1. The molecule has 0 aliphatic carbocycles. The van der Waals surface area contributed by atoms with Crippen LogP contribution in [0.4, 0.5) is 4.39 Å². The highest BCUT2D eigenvalue weighted by molar-refractivity contribution is 5.94. The van der Waals surface area contributed by atoms with Crippen molar-refractivity contribution >= 4 is 5.91 Å². The molecular weight excluding hydrogens is 299 g/mol. The molecule has 5 nitrogen and oxygen atoms in total. The fourth-order valence-electron chi connectivity index (χ4n) is 2.23. The fourth-order valence-corrected chi connectivity index (χ4v) is 2.23. The molecule has 0 heterocycles. The molecular formula is C17H27FN2O3. The Morgan fingerprint density at radius 3 is 2.57 bits per heavy atom. The van der Waals surface area contributed by atoms with Crippen molar-refractivity contribution in [1.29, 1.82) is 0 Å². The van der Waals surface area contributed by atoms with Crippen molar-refractivity contribution in [2.24, 2.45) is 5.73 Å². The van der Waals surface area contributed by atoms with Crippen LogP contribution in [0, 0.1) is 5.82 Å².